The van der Waals surface area contributed by atoms with Crippen molar-refractivity contribution in [2.45, 2.75) is 13.1 Å². The molecule has 1 aromatic heterocycles. The lowest BCUT2D eigenvalue weighted by Crippen LogP contribution is -2.22. The number of halogens is 3. The Hall–Kier alpha value is -1.86. The van der Waals surface area contributed by atoms with Gasteiger partial charge in [0.2, 0.25) is 0 Å². The van der Waals surface area contributed by atoms with Gasteiger partial charge in [-0.1, -0.05) is 0 Å². The van der Waals surface area contributed by atoms with E-state index in [1.54, 1.807) is 5.10 Å². The molecular weight excluding hydrogens is 229 g/mol. The Morgan fingerprint density at radius 2 is 2.19 bits per heavy atom. The third-order valence-corrected chi connectivity index (χ3v) is 1.58. The number of nitrogens with zero attached hydrogens (tertiary/aromatic N) is 1. The van der Waals surface area contributed by atoms with E-state index in [1.807, 2.05) is 0 Å². The summed E-state index contributed by atoms with van der Waals surface area (Å²) >= 11 is 0. The highest BCUT2D eigenvalue weighted by Crippen LogP contribution is 2.30. The summed E-state index contributed by atoms with van der Waals surface area (Å²) in [6.07, 6.45) is -4.83. The predicted molar refractivity (Wildman–Crippen MR) is 45.8 cm³/mol. The highest BCUT2D eigenvalue weighted by Gasteiger charge is 2.37. The maximum Gasteiger partial charge on any atom is 0.419 e. The molecule has 0 amide bonds. The molecule has 5 nitrogen and oxygen atoms in total. The minimum atomic E-state index is -4.83. The van der Waals surface area contributed by atoms with Crippen molar-refractivity contribution in [3.05, 3.63) is 27.7 Å². The monoisotopic (exact) mass is 236 g/mol. The molecule has 8 heteroatoms. The van der Waals surface area contributed by atoms with E-state index in [0.717, 1.165) is 0 Å². The Morgan fingerprint density at radius 1 is 1.56 bits per heavy atom. The van der Waals surface area contributed by atoms with Gasteiger partial charge in [-0.15, -0.1) is 0 Å². The minimum Gasteiger partial charge on any atom is -0.461 e. The summed E-state index contributed by atoms with van der Waals surface area (Å²) in [6.45, 7) is 1.35. The van der Waals surface area contributed by atoms with Crippen LogP contribution < -0.4 is 5.56 Å². The molecule has 0 spiro atoms. The summed E-state index contributed by atoms with van der Waals surface area (Å²) in [5.41, 5.74) is -3.40. The lowest BCUT2D eigenvalue weighted by Gasteiger charge is -2.09. The van der Waals surface area contributed by atoms with Crippen LogP contribution in [0.15, 0.2) is 10.9 Å². The molecule has 0 aliphatic rings. The zero-order valence-corrected chi connectivity index (χ0v) is 8.09. The van der Waals surface area contributed by atoms with Gasteiger partial charge < -0.3 is 4.74 Å². The molecular formula is C8H7F3N2O3. The van der Waals surface area contributed by atoms with Crippen LogP contribution in [0.3, 0.4) is 0 Å². The van der Waals surface area contributed by atoms with Crippen LogP contribution in [0.4, 0.5) is 13.2 Å². The van der Waals surface area contributed by atoms with E-state index in [2.05, 4.69) is 9.84 Å². The molecule has 1 heterocycles. The second kappa shape index (κ2) is 4.33. The highest BCUT2D eigenvalue weighted by molar-refractivity contribution is 5.88. The predicted octanol–water partition coefficient (Wildman–Crippen LogP) is 0.965. The molecule has 16 heavy (non-hydrogen) atoms. The molecule has 0 saturated heterocycles. The van der Waals surface area contributed by atoms with Crippen LogP contribution in [0.2, 0.25) is 0 Å². The highest BCUT2D eigenvalue weighted by atomic mass is 19.4. The number of alkyl halides is 3. The number of aromatic amines is 1. The number of carbonyl (C=O) groups is 1. The molecule has 0 aromatic carbocycles. The van der Waals surface area contributed by atoms with Gasteiger partial charge in [-0.3, -0.25) is 4.79 Å². The fourth-order valence-electron chi connectivity index (χ4n) is 0.974. The first-order valence-electron chi connectivity index (χ1n) is 4.20. The van der Waals surface area contributed by atoms with Gasteiger partial charge in [-0.05, 0) is 6.92 Å². The van der Waals surface area contributed by atoms with Crippen molar-refractivity contribution in [2.75, 3.05) is 6.61 Å². The Labute approximate surface area is 87.2 Å². The molecule has 0 fully saturated rings. The number of carbonyl (C=O) groups excluding carboxylic acids is 1. The van der Waals surface area contributed by atoms with Crippen molar-refractivity contribution in [3.8, 4) is 0 Å². The number of rotatable bonds is 2. The van der Waals surface area contributed by atoms with Gasteiger partial charge in [0.25, 0.3) is 5.56 Å². The second-order valence-corrected chi connectivity index (χ2v) is 2.71. The normalized spacial score (nSPS) is 11.2. The van der Waals surface area contributed by atoms with Gasteiger partial charge in [-0.2, -0.15) is 18.3 Å². The van der Waals surface area contributed by atoms with E-state index >= 15 is 0 Å². The molecule has 1 rings (SSSR count). The molecule has 1 aromatic rings. The summed E-state index contributed by atoms with van der Waals surface area (Å²) in [5, 5.41) is 4.78. The molecule has 0 radical (unpaired) electrons. The second-order valence-electron chi connectivity index (χ2n) is 2.71. The van der Waals surface area contributed by atoms with Gasteiger partial charge in [0, 0.05) is 6.07 Å². The summed E-state index contributed by atoms with van der Waals surface area (Å²) in [4.78, 5) is 21.8. The van der Waals surface area contributed by atoms with E-state index in [0.29, 0.717) is 0 Å². The third-order valence-electron chi connectivity index (χ3n) is 1.58. The van der Waals surface area contributed by atoms with Gasteiger partial charge >= 0.3 is 12.1 Å². The molecule has 0 aliphatic heterocycles. The summed E-state index contributed by atoms with van der Waals surface area (Å²) < 4.78 is 41.7. The van der Waals surface area contributed by atoms with Gasteiger partial charge in [-0.25, -0.2) is 9.89 Å². The van der Waals surface area contributed by atoms with Crippen molar-refractivity contribution < 1.29 is 22.7 Å². The van der Waals surface area contributed by atoms with Crippen molar-refractivity contribution in [1.29, 1.82) is 0 Å². The zero-order chi connectivity index (χ0) is 12.3. The average molecular weight is 236 g/mol. The zero-order valence-electron chi connectivity index (χ0n) is 8.09. The Morgan fingerprint density at radius 3 is 2.69 bits per heavy atom. The fraction of sp³-hybridized carbons (Fsp3) is 0.375. The lowest BCUT2D eigenvalue weighted by molar-refractivity contribution is -0.138. The Kier molecular flexibility index (Phi) is 3.31. The SMILES string of the molecule is CCOC(=O)c1n[nH]c(=O)cc1C(F)(F)F. The smallest absolute Gasteiger partial charge is 0.419 e. The molecule has 1 N–H and O–H groups in total. The third kappa shape index (κ3) is 2.59. The van der Waals surface area contributed by atoms with Crippen LogP contribution in [0.25, 0.3) is 0 Å². The van der Waals surface area contributed by atoms with Crippen LogP contribution in [-0.4, -0.2) is 22.8 Å². The number of nitrogens with one attached hydrogen (secondary N) is 1. The van der Waals surface area contributed by atoms with Crippen LogP contribution in [0.5, 0.6) is 0 Å². The number of aromatic nitrogens is 2. The van der Waals surface area contributed by atoms with E-state index in [1.165, 1.54) is 6.92 Å². The van der Waals surface area contributed by atoms with E-state index in [9.17, 15) is 22.8 Å². The molecule has 0 unspecified atom stereocenters. The van der Waals surface area contributed by atoms with Gasteiger partial charge in [0.1, 0.15) is 0 Å². The van der Waals surface area contributed by atoms with Crippen LogP contribution in [0, 0.1) is 0 Å². The number of hydrogen-bond donors (Lipinski definition) is 1. The van der Waals surface area contributed by atoms with Crippen molar-refractivity contribution in [2.24, 2.45) is 0 Å². The summed E-state index contributed by atoms with van der Waals surface area (Å²) in [5.74, 6) is -1.23. The first kappa shape index (κ1) is 12.2. The standard InChI is InChI=1S/C8H7F3N2O3/c1-2-16-7(15)6-4(8(9,10)11)3-5(14)12-13-6/h3H,2H2,1H3,(H,12,14). The Bertz CT molecular complexity index is 453. The van der Waals surface area contributed by atoms with Crippen LogP contribution >= 0.6 is 0 Å². The van der Waals surface area contributed by atoms with Crippen LogP contribution in [-0.2, 0) is 10.9 Å². The number of ether oxygens (including phenoxy) is 1. The van der Waals surface area contributed by atoms with Gasteiger partial charge in [0.05, 0.1) is 12.2 Å². The lowest BCUT2D eigenvalue weighted by atomic mass is 10.2. The molecule has 0 bridgehead atoms. The van der Waals surface area contributed by atoms with Crippen molar-refractivity contribution in [1.82, 2.24) is 10.2 Å². The minimum absolute atomic E-state index is 0.0864. The van der Waals surface area contributed by atoms with Crippen LogP contribution in [0.1, 0.15) is 23.0 Å². The van der Waals surface area contributed by atoms with Crippen molar-refractivity contribution in [3.63, 3.8) is 0 Å². The largest absolute Gasteiger partial charge is 0.461 e. The quantitative estimate of drug-likeness (QED) is 0.776. The maximum absolute atomic E-state index is 12.4. The average Bonchev–Trinajstić information content (AvgIpc) is 2.16. The topological polar surface area (TPSA) is 72.0 Å². The van der Waals surface area contributed by atoms with Crippen molar-refractivity contribution >= 4 is 5.97 Å². The van der Waals surface area contributed by atoms with Gasteiger partial charge in [0.15, 0.2) is 5.69 Å². The number of H-pyrrole nitrogens is 1. The summed E-state index contributed by atoms with van der Waals surface area (Å²) in [6, 6.07) is 0.263. The van der Waals surface area contributed by atoms with E-state index < -0.39 is 29.0 Å². The fourth-order valence-corrected chi connectivity index (χ4v) is 0.974. The number of esters is 1. The van der Waals surface area contributed by atoms with E-state index in [4.69, 9.17) is 0 Å². The summed E-state index contributed by atoms with van der Waals surface area (Å²) in [7, 11) is 0. The first-order chi connectivity index (χ1) is 7.36. The van der Waals surface area contributed by atoms with E-state index in [-0.39, 0.29) is 12.7 Å². The molecule has 0 saturated carbocycles. The molecule has 0 atom stereocenters. The number of hydrogen-bond acceptors (Lipinski definition) is 4. The molecule has 0 aliphatic carbocycles. The Balaban J connectivity index is 3.29. The maximum atomic E-state index is 12.4. The first-order valence-corrected chi connectivity index (χ1v) is 4.20. The molecule has 88 valence electrons.